The molecule has 7 heteroatoms. The number of hydrogen-bond acceptors (Lipinski definition) is 5. The number of nitrogens with zero attached hydrogens (tertiary/aromatic N) is 4. The van der Waals surface area contributed by atoms with Crippen molar-refractivity contribution in [1.82, 2.24) is 24.7 Å². The van der Waals surface area contributed by atoms with Crippen LogP contribution in [0.3, 0.4) is 0 Å². The first kappa shape index (κ1) is 12.4. The van der Waals surface area contributed by atoms with Crippen LogP contribution in [0.4, 0.5) is 0 Å². The van der Waals surface area contributed by atoms with E-state index in [1.165, 1.54) is 0 Å². The number of thioether (sulfide) groups is 1. The predicted octanol–water partition coefficient (Wildman–Crippen LogP) is 3.04. The van der Waals surface area contributed by atoms with E-state index in [2.05, 4.69) is 31.7 Å². The van der Waals surface area contributed by atoms with Gasteiger partial charge in [-0.15, -0.1) is 16.4 Å². The molecule has 3 heterocycles. The van der Waals surface area contributed by atoms with E-state index in [1.807, 2.05) is 29.9 Å². The van der Waals surface area contributed by atoms with E-state index < -0.39 is 0 Å². The average molecular weight is 291 g/mol. The highest BCUT2D eigenvalue weighted by atomic mass is 32.2. The molecule has 0 fully saturated rings. The number of H-pyrrole nitrogens is 1. The van der Waals surface area contributed by atoms with Crippen LogP contribution in [-0.4, -0.2) is 24.7 Å². The predicted molar refractivity (Wildman–Crippen MR) is 77.2 cm³/mol. The molecule has 1 N–H and O–H groups in total. The van der Waals surface area contributed by atoms with Crippen molar-refractivity contribution in [2.24, 2.45) is 0 Å². The molecule has 0 aliphatic carbocycles. The summed E-state index contributed by atoms with van der Waals surface area (Å²) in [5.41, 5.74) is 0. The van der Waals surface area contributed by atoms with Gasteiger partial charge >= 0.3 is 0 Å². The number of hydrogen-bond donors (Lipinski definition) is 1. The van der Waals surface area contributed by atoms with Crippen molar-refractivity contribution in [1.29, 1.82) is 0 Å². The monoisotopic (exact) mass is 291 g/mol. The Morgan fingerprint density at radius 3 is 3.21 bits per heavy atom. The molecule has 0 aliphatic rings. The molecule has 0 radical (unpaired) electrons. The Kier molecular flexibility index (Phi) is 3.65. The highest BCUT2D eigenvalue weighted by molar-refractivity contribution is 7.98. The van der Waals surface area contributed by atoms with Crippen LogP contribution >= 0.6 is 23.1 Å². The summed E-state index contributed by atoms with van der Waals surface area (Å²) < 4.78 is 2.12. The normalized spacial score (nSPS) is 11.0. The van der Waals surface area contributed by atoms with Crippen LogP contribution < -0.4 is 0 Å². The van der Waals surface area contributed by atoms with E-state index >= 15 is 0 Å². The van der Waals surface area contributed by atoms with Gasteiger partial charge in [0.15, 0.2) is 5.82 Å². The molecule has 5 nitrogen and oxygen atoms in total. The van der Waals surface area contributed by atoms with Crippen LogP contribution in [0.2, 0.25) is 0 Å². The fourth-order valence-electron chi connectivity index (χ4n) is 1.73. The molecule has 98 valence electrons. The number of aryl methyl sites for hydroxylation is 1. The van der Waals surface area contributed by atoms with Crippen LogP contribution in [0, 0.1) is 0 Å². The smallest absolute Gasteiger partial charge is 0.209 e. The summed E-state index contributed by atoms with van der Waals surface area (Å²) in [6.07, 6.45) is 3.82. The van der Waals surface area contributed by atoms with E-state index in [0.29, 0.717) is 0 Å². The molecule has 0 amide bonds. The summed E-state index contributed by atoms with van der Waals surface area (Å²) in [7, 11) is 0. The second-order valence-electron chi connectivity index (χ2n) is 3.86. The molecule has 0 aromatic carbocycles. The van der Waals surface area contributed by atoms with Crippen molar-refractivity contribution in [3.8, 4) is 10.7 Å². The standard InChI is InChI=1S/C12H13N5S2/c1-2-17-6-5-13-10(17)8-19-12-14-11(15-16-12)9-4-3-7-18-9/h3-7H,2,8H2,1H3,(H,14,15,16). The van der Waals surface area contributed by atoms with Crippen molar-refractivity contribution in [3.05, 3.63) is 35.7 Å². The molecule has 3 rings (SSSR count). The van der Waals surface area contributed by atoms with E-state index in [9.17, 15) is 0 Å². The molecular weight excluding hydrogens is 278 g/mol. The van der Waals surface area contributed by atoms with Gasteiger partial charge in [0.1, 0.15) is 5.82 Å². The van der Waals surface area contributed by atoms with E-state index in [1.54, 1.807) is 23.1 Å². The maximum Gasteiger partial charge on any atom is 0.209 e. The van der Waals surface area contributed by atoms with Crippen molar-refractivity contribution >= 4 is 23.1 Å². The Hall–Kier alpha value is -1.60. The topological polar surface area (TPSA) is 59.4 Å². The van der Waals surface area contributed by atoms with Crippen LogP contribution in [-0.2, 0) is 12.3 Å². The van der Waals surface area contributed by atoms with E-state index in [-0.39, 0.29) is 0 Å². The van der Waals surface area contributed by atoms with Gasteiger partial charge < -0.3 is 4.57 Å². The molecule has 3 aromatic heterocycles. The summed E-state index contributed by atoms with van der Waals surface area (Å²) in [5.74, 6) is 2.66. The average Bonchev–Trinajstić information content (AvgIpc) is 3.16. The molecule has 0 saturated heterocycles. The lowest BCUT2D eigenvalue weighted by atomic mass is 10.4. The SMILES string of the molecule is CCn1ccnc1CSc1n[nH]c(-c2cccs2)n1. The Bertz CT molecular complexity index is 641. The van der Waals surface area contributed by atoms with Crippen LogP contribution in [0.1, 0.15) is 12.7 Å². The Labute approximate surface area is 119 Å². The van der Waals surface area contributed by atoms with Gasteiger partial charge in [-0.2, -0.15) is 0 Å². The van der Waals surface area contributed by atoms with Gasteiger partial charge in [-0.05, 0) is 18.4 Å². The molecular formula is C12H13N5S2. The highest BCUT2D eigenvalue weighted by Crippen LogP contribution is 2.24. The van der Waals surface area contributed by atoms with Crippen molar-refractivity contribution < 1.29 is 0 Å². The molecule has 0 bridgehead atoms. The van der Waals surface area contributed by atoms with Gasteiger partial charge in [-0.3, -0.25) is 5.10 Å². The molecule has 19 heavy (non-hydrogen) atoms. The summed E-state index contributed by atoms with van der Waals surface area (Å²) in [6.45, 7) is 3.04. The number of aromatic nitrogens is 5. The minimum absolute atomic E-state index is 0.758. The summed E-state index contributed by atoms with van der Waals surface area (Å²) in [4.78, 5) is 9.92. The van der Waals surface area contributed by atoms with E-state index in [4.69, 9.17) is 0 Å². The Morgan fingerprint density at radius 1 is 1.47 bits per heavy atom. The first-order chi connectivity index (χ1) is 9.36. The largest absolute Gasteiger partial charge is 0.335 e. The Balaban J connectivity index is 1.68. The zero-order chi connectivity index (χ0) is 13.1. The molecule has 0 aliphatic heterocycles. The summed E-state index contributed by atoms with van der Waals surface area (Å²) in [5, 5.41) is 9.98. The van der Waals surface area contributed by atoms with Gasteiger partial charge in [0.05, 0.1) is 10.6 Å². The second kappa shape index (κ2) is 5.58. The first-order valence-electron chi connectivity index (χ1n) is 5.96. The fourth-order valence-corrected chi connectivity index (χ4v) is 3.16. The number of imidazole rings is 1. The third-order valence-corrected chi connectivity index (χ3v) is 4.41. The number of aromatic amines is 1. The maximum atomic E-state index is 4.48. The molecule has 0 saturated carbocycles. The third kappa shape index (κ3) is 2.71. The number of thiophene rings is 1. The van der Waals surface area contributed by atoms with Crippen molar-refractivity contribution in [2.45, 2.75) is 24.4 Å². The number of rotatable bonds is 5. The second-order valence-corrected chi connectivity index (χ2v) is 5.75. The van der Waals surface area contributed by atoms with Crippen LogP contribution in [0.5, 0.6) is 0 Å². The minimum atomic E-state index is 0.758. The minimum Gasteiger partial charge on any atom is -0.335 e. The maximum absolute atomic E-state index is 4.48. The van der Waals surface area contributed by atoms with Crippen LogP contribution in [0.15, 0.2) is 35.1 Å². The molecule has 0 atom stereocenters. The highest BCUT2D eigenvalue weighted by Gasteiger charge is 2.08. The Morgan fingerprint density at radius 2 is 2.42 bits per heavy atom. The summed E-state index contributed by atoms with van der Waals surface area (Å²) >= 11 is 3.25. The lowest BCUT2D eigenvalue weighted by Gasteiger charge is -2.01. The summed E-state index contributed by atoms with van der Waals surface area (Å²) in [6, 6.07) is 4.04. The molecule has 0 spiro atoms. The van der Waals surface area contributed by atoms with Gasteiger partial charge in [0.25, 0.3) is 0 Å². The quantitative estimate of drug-likeness (QED) is 0.734. The molecule has 0 unspecified atom stereocenters. The number of nitrogens with one attached hydrogen (secondary N) is 1. The molecule has 3 aromatic rings. The zero-order valence-electron chi connectivity index (χ0n) is 10.4. The van der Waals surface area contributed by atoms with E-state index in [0.717, 1.165) is 34.0 Å². The van der Waals surface area contributed by atoms with Gasteiger partial charge in [0.2, 0.25) is 5.16 Å². The lowest BCUT2D eigenvalue weighted by Crippen LogP contribution is -1.98. The fraction of sp³-hybridized carbons (Fsp3) is 0.250. The van der Waals surface area contributed by atoms with Gasteiger partial charge in [-0.1, -0.05) is 17.8 Å². The zero-order valence-corrected chi connectivity index (χ0v) is 12.0. The van der Waals surface area contributed by atoms with Gasteiger partial charge in [-0.25, -0.2) is 9.97 Å². The van der Waals surface area contributed by atoms with Crippen LogP contribution in [0.25, 0.3) is 10.7 Å². The third-order valence-electron chi connectivity index (χ3n) is 2.69. The van der Waals surface area contributed by atoms with Gasteiger partial charge in [0, 0.05) is 18.9 Å². The van der Waals surface area contributed by atoms with Crippen molar-refractivity contribution in [3.63, 3.8) is 0 Å². The first-order valence-corrected chi connectivity index (χ1v) is 7.82. The lowest BCUT2D eigenvalue weighted by molar-refractivity contribution is 0.725. The van der Waals surface area contributed by atoms with Crippen molar-refractivity contribution in [2.75, 3.05) is 0 Å².